The molecule has 220 valence electrons. The monoisotopic (exact) mass is 661 g/mol. The lowest BCUT2D eigenvalue weighted by Crippen LogP contribution is -2.52. The van der Waals surface area contributed by atoms with E-state index >= 15 is 0 Å². The van der Waals surface area contributed by atoms with Gasteiger partial charge < -0.3 is 10.2 Å². The fourth-order valence-electron chi connectivity index (χ4n) is 4.39. The fourth-order valence-corrected chi connectivity index (χ4v) is 5.75. The van der Waals surface area contributed by atoms with E-state index in [-0.39, 0.29) is 43.8 Å². The van der Waals surface area contributed by atoms with Gasteiger partial charge in [-0.05, 0) is 67.3 Å². The molecule has 1 N–H and O–H groups in total. The van der Waals surface area contributed by atoms with Crippen molar-refractivity contribution in [3.8, 4) is 0 Å². The highest BCUT2D eigenvalue weighted by atomic mass is 79.9. The standard InChI is InChI=1S/C31H37BrClN3O4S/c1-4-23(2)34-31(38)29(21-24-9-6-5-7-10-24)35(22-25-12-14-26(32)15-13-25)30(37)11-8-20-36(41(3,39)40)28-18-16-27(33)17-19-28/h5-7,9-10,12-19,23,29H,4,8,11,20-22H2,1-3H3,(H,34,38). The maximum atomic E-state index is 13.9. The molecule has 0 aliphatic carbocycles. The van der Waals surface area contributed by atoms with Crippen LogP contribution in [0.2, 0.25) is 5.02 Å². The van der Waals surface area contributed by atoms with Crippen LogP contribution in [0.4, 0.5) is 5.69 Å². The highest BCUT2D eigenvalue weighted by molar-refractivity contribution is 9.10. The molecule has 0 heterocycles. The number of anilines is 1. The van der Waals surface area contributed by atoms with Gasteiger partial charge in [0.2, 0.25) is 21.8 Å². The van der Waals surface area contributed by atoms with Crippen molar-refractivity contribution in [2.24, 2.45) is 0 Å². The molecule has 41 heavy (non-hydrogen) atoms. The molecule has 10 heteroatoms. The number of hydrogen-bond donors (Lipinski definition) is 1. The summed E-state index contributed by atoms with van der Waals surface area (Å²) in [5, 5.41) is 3.56. The second-order valence-electron chi connectivity index (χ2n) is 10.1. The largest absolute Gasteiger partial charge is 0.352 e. The SMILES string of the molecule is CCC(C)NC(=O)C(Cc1ccccc1)N(Cc1ccc(Br)cc1)C(=O)CCCN(c1ccc(Cl)cc1)S(C)(=O)=O. The Labute approximate surface area is 257 Å². The Morgan fingerprint density at radius 1 is 0.951 bits per heavy atom. The molecule has 0 saturated heterocycles. The summed E-state index contributed by atoms with van der Waals surface area (Å²) < 4.78 is 27.3. The van der Waals surface area contributed by atoms with Gasteiger partial charge in [-0.1, -0.05) is 76.9 Å². The van der Waals surface area contributed by atoms with E-state index in [1.807, 2.05) is 68.4 Å². The number of carbonyl (C=O) groups is 2. The van der Waals surface area contributed by atoms with Crippen molar-refractivity contribution < 1.29 is 18.0 Å². The number of nitrogens with one attached hydrogen (secondary N) is 1. The quantitative estimate of drug-likeness (QED) is 0.223. The maximum absolute atomic E-state index is 13.9. The van der Waals surface area contributed by atoms with Crippen LogP contribution in [0.25, 0.3) is 0 Å². The summed E-state index contributed by atoms with van der Waals surface area (Å²) in [4.78, 5) is 29.1. The van der Waals surface area contributed by atoms with Crippen molar-refractivity contribution in [2.45, 2.75) is 58.2 Å². The third kappa shape index (κ3) is 10.2. The summed E-state index contributed by atoms with van der Waals surface area (Å²) >= 11 is 9.44. The first kappa shape index (κ1) is 32.6. The molecule has 3 aromatic rings. The molecule has 0 radical (unpaired) electrons. The Bertz CT molecular complexity index is 1390. The molecule has 0 fully saturated rings. The molecule has 0 aromatic heterocycles. The number of sulfonamides is 1. The summed E-state index contributed by atoms with van der Waals surface area (Å²) in [6.07, 6.45) is 2.59. The number of nitrogens with zero attached hydrogens (tertiary/aromatic N) is 2. The molecule has 3 rings (SSSR count). The molecule has 0 aliphatic heterocycles. The first-order chi connectivity index (χ1) is 19.5. The zero-order chi connectivity index (χ0) is 30.0. The summed E-state index contributed by atoms with van der Waals surface area (Å²) in [7, 11) is -3.59. The normalized spacial score (nSPS) is 12.8. The van der Waals surface area contributed by atoms with Crippen LogP contribution in [0.5, 0.6) is 0 Å². The van der Waals surface area contributed by atoms with Gasteiger partial charge >= 0.3 is 0 Å². The van der Waals surface area contributed by atoms with Gasteiger partial charge in [0.05, 0.1) is 11.9 Å². The van der Waals surface area contributed by atoms with Crippen LogP contribution in [-0.4, -0.2) is 50.0 Å². The lowest BCUT2D eigenvalue weighted by molar-refractivity contribution is -0.141. The number of rotatable bonds is 14. The van der Waals surface area contributed by atoms with Crippen molar-refractivity contribution in [1.82, 2.24) is 10.2 Å². The van der Waals surface area contributed by atoms with Gasteiger partial charge in [-0.3, -0.25) is 13.9 Å². The van der Waals surface area contributed by atoms with Crippen LogP contribution in [0.1, 0.15) is 44.2 Å². The van der Waals surface area contributed by atoms with E-state index in [1.165, 1.54) is 4.31 Å². The Balaban J connectivity index is 1.88. The predicted octanol–water partition coefficient (Wildman–Crippen LogP) is 6.20. The molecule has 2 unspecified atom stereocenters. The number of amides is 2. The van der Waals surface area contributed by atoms with Gasteiger partial charge in [-0.2, -0.15) is 0 Å². The van der Waals surface area contributed by atoms with Gasteiger partial charge in [0.25, 0.3) is 0 Å². The predicted molar refractivity (Wildman–Crippen MR) is 169 cm³/mol. The van der Waals surface area contributed by atoms with Crippen molar-refractivity contribution in [2.75, 3.05) is 17.1 Å². The number of hydrogen-bond acceptors (Lipinski definition) is 4. The highest BCUT2D eigenvalue weighted by Crippen LogP contribution is 2.22. The average Bonchev–Trinajstić information content (AvgIpc) is 2.94. The molecular formula is C31H37BrClN3O4S. The number of benzene rings is 3. The van der Waals surface area contributed by atoms with Gasteiger partial charge in [0, 0.05) is 41.5 Å². The average molecular weight is 663 g/mol. The lowest BCUT2D eigenvalue weighted by atomic mass is 10.0. The third-order valence-electron chi connectivity index (χ3n) is 6.81. The van der Waals surface area contributed by atoms with Crippen LogP contribution >= 0.6 is 27.5 Å². The molecule has 0 bridgehead atoms. The zero-order valence-electron chi connectivity index (χ0n) is 23.6. The molecule has 0 spiro atoms. The Hall–Kier alpha value is -2.88. The van der Waals surface area contributed by atoms with Gasteiger partial charge in [-0.15, -0.1) is 0 Å². The summed E-state index contributed by atoms with van der Waals surface area (Å²) in [6, 6.07) is 23.0. The van der Waals surface area contributed by atoms with E-state index in [4.69, 9.17) is 11.6 Å². The van der Waals surface area contributed by atoms with E-state index < -0.39 is 16.1 Å². The summed E-state index contributed by atoms with van der Waals surface area (Å²) in [5.74, 6) is -0.440. The molecule has 0 aliphatic rings. The van der Waals surface area contributed by atoms with Crippen LogP contribution < -0.4 is 9.62 Å². The van der Waals surface area contributed by atoms with Crippen molar-refractivity contribution in [3.05, 3.63) is 99.5 Å². The first-order valence-electron chi connectivity index (χ1n) is 13.6. The number of carbonyl (C=O) groups excluding carboxylic acids is 2. The van der Waals surface area contributed by atoms with E-state index in [2.05, 4.69) is 21.2 Å². The third-order valence-corrected chi connectivity index (χ3v) is 8.78. The Morgan fingerprint density at radius 3 is 2.17 bits per heavy atom. The molecule has 7 nitrogen and oxygen atoms in total. The van der Waals surface area contributed by atoms with Gasteiger partial charge in [0.15, 0.2) is 0 Å². The molecular weight excluding hydrogens is 626 g/mol. The van der Waals surface area contributed by atoms with Crippen LogP contribution in [0.3, 0.4) is 0 Å². The van der Waals surface area contributed by atoms with Crippen molar-refractivity contribution in [3.63, 3.8) is 0 Å². The Morgan fingerprint density at radius 2 is 1.59 bits per heavy atom. The van der Waals surface area contributed by atoms with E-state index in [0.29, 0.717) is 17.1 Å². The Kier molecular flexibility index (Phi) is 12.2. The fraction of sp³-hybridized carbons (Fsp3) is 0.355. The van der Waals surface area contributed by atoms with Crippen molar-refractivity contribution in [1.29, 1.82) is 0 Å². The van der Waals surface area contributed by atoms with Crippen LogP contribution in [0, 0.1) is 0 Å². The van der Waals surface area contributed by atoms with Gasteiger partial charge in [0.1, 0.15) is 6.04 Å². The molecule has 3 aromatic carbocycles. The second kappa shape index (κ2) is 15.4. The minimum Gasteiger partial charge on any atom is -0.352 e. The molecule has 2 amide bonds. The van der Waals surface area contributed by atoms with E-state index in [9.17, 15) is 18.0 Å². The van der Waals surface area contributed by atoms with Crippen molar-refractivity contribution >= 4 is 55.1 Å². The number of halogens is 2. The molecule has 2 atom stereocenters. The van der Waals surface area contributed by atoms with E-state index in [1.54, 1.807) is 29.2 Å². The second-order valence-corrected chi connectivity index (χ2v) is 13.3. The topological polar surface area (TPSA) is 86.8 Å². The van der Waals surface area contributed by atoms with Gasteiger partial charge in [-0.25, -0.2) is 8.42 Å². The molecule has 0 saturated carbocycles. The van der Waals surface area contributed by atoms with Crippen LogP contribution in [-0.2, 0) is 32.6 Å². The minimum absolute atomic E-state index is 0.0481. The highest BCUT2D eigenvalue weighted by Gasteiger charge is 2.31. The lowest BCUT2D eigenvalue weighted by Gasteiger charge is -2.32. The zero-order valence-corrected chi connectivity index (χ0v) is 26.8. The summed E-state index contributed by atoms with van der Waals surface area (Å²) in [6.45, 7) is 4.29. The summed E-state index contributed by atoms with van der Waals surface area (Å²) in [5.41, 5.74) is 2.30. The van der Waals surface area contributed by atoms with Crippen LogP contribution in [0.15, 0.2) is 83.3 Å². The minimum atomic E-state index is -3.59. The van der Waals surface area contributed by atoms with E-state index in [0.717, 1.165) is 28.3 Å². The first-order valence-corrected chi connectivity index (χ1v) is 16.6. The smallest absolute Gasteiger partial charge is 0.243 e. The maximum Gasteiger partial charge on any atom is 0.243 e.